The zero-order valence-electron chi connectivity index (χ0n) is 18.3. The number of piperidine rings is 1. The highest BCUT2D eigenvalue weighted by Crippen LogP contribution is 2.29. The zero-order valence-corrected chi connectivity index (χ0v) is 19.1. The van der Waals surface area contributed by atoms with Crippen LogP contribution in [0, 0.1) is 0 Å². The number of aromatic nitrogens is 3. The Morgan fingerprint density at radius 2 is 1.90 bits per heavy atom. The number of likely N-dealkylation sites (tertiary alicyclic amines) is 1. The van der Waals surface area contributed by atoms with Crippen molar-refractivity contribution in [3.05, 3.63) is 77.6 Å². The third kappa shape index (κ3) is 5.57. The highest BCUT2D eigenvalue weighted by atomic mass is 32.2. The van der Waals surface area contributed by atoms with Gasteiger partial charge in [-0.05, 0) is 31.0 Å². The molecule has 3 aromatic rings. The van der Waals surface area contributed by atoms with Gasteiger partial charge in [-0.3, -0.25) is 4.90 Å². The van der Waals surface area contributed by atoms with Crippen LogP contribution in [0.4, 0.5) is 0 Å². The lowest BCUT2D eigenvalue weighted by Gasteiger charge is -2.31. The van der Waals surface area contributed by atoms with E-state index in [0.717, 1.165) is 47.7 Å². The lowest BCUT2D eigenvalue weighted by molar-refractivity contribution is 0.222. The van der Waals surface area contributed by atoms with Crippen LogP contribution >= 0.6 is 11.8 Å². The highest BCUT2D eigenvalue weighted by Gasteiger charge is 2.25. The first-order chi connectivity index (χ1) is 15.2. The number of thioether (sulfide) groups is 1. The van der Waals surface area contributed by atoms with Crippen LogP contribution in [0.15, 0.2) is 65.8 Å². The summed E-state index contributed by atoms with van der Waals surface area (Å²) in [5, 5.41) is 10.0. The van der Waals surface area contributed by atoms with Crippen LogP contribution < -0.4 is 4.74 Å². The van der Waals surface area contributed by atoms with Gasteiger partial charge in [0.15, 0.2) is 5.16 Å². The summed E-state index contributed by atoms with van der Waals surface area (Å²) in [6, 6.07) is 18.6. The topological polar surface area (TPSA) is 43.2 Å². The lowest BCUT2D eigenvalue weighted by atomic mass is 9.97. The number of methoxy groups -OCH3 is 1. The Morgan fingerprint density at radius 1 is 1.10 bits per heavy atom. The van der Waals surface area contributed by atoms with Crippen LogP contribution in [0.2, 0.25) is 0 Å². The van der Waals surface area contributed by atoms with Crippen LogP contribution in [-0.4, -0.2) is 46.4 Å². The molecule has 1 atom stereocenters. The number of hydrogen-bond acceptors (Lipinski definition) is 5. The molecule has 1 aliphatic rings. The fourth-order valence-corrected chi connectivity index (χ4v) is 4.97. The van der Waals surface area contributed by atoms with E-state index in [4.69, 9.17) is 4.74 Å². The van der Waals surface area contributed by atoms with Gasteiger partial charge in [-0.2, -0.15) is 0 Å². The molecule has 1 unspecified atom stereocenters. The quantitative estimate of drug-likeness (QED) is 0.466. The third-order valence-corrected chi connectivity index (χ3v) is 6.84. The molecule has 0 N–H and O–H groups in total. The van der Waals surface area contributed by atoms with E-state index in [9.17, 15) is 0 Å². The molecular formula is C25H30N4OS. The Balaban J connectivity index is 1.35. The van der Waals surface area contributed by atoms with E-state index in [2.05, 4.69) is 75.3 Å². The van der Waals surface area contributed by atoms with Crippen molar-refractivity contribution in [1.82, 2.24) is 19.7 Å². The fraction of sp³-hybridized carbons (Fsp3) is 0.360. The average molecular weight is 435 g/mol. The van der Waals surface area contributed by atoms with E-state index < -0.39 is 0 Å². The lowest BCUT2D eigenvalue weighted by Crippen LogP contribution is -2.35. The van der Waals surface area contributed by atoms with E-state index in [0.29, 0.717) is 5.92 Å². The zero-order chi connectivity index (χ0) is 21.5. The molecule has 162 valence electrons. The first kappa shape index (κ1) is 21.7. The molecule has 31 heavy (non-hydrogen) atoms. The maximum atomic E-state index is 5.44. The summed E-state index contributed by atoms with van der Waals surface area (Å²) in [6.45, 7) is 3.08. The number of rotatable bonds is 8. The van der Waals surface area contributed by atoms with E-state index in [1.54, 1.807) is 18.9 Å². The molecule has 2 heterocycles. The van der Waals surface area contributed by atoms with Gasteiger partial charge < -0.3 is 9.30 Å². The maximum Gasteiger partial charge on any atom is 0.191 e. The van der Waals surface area contributed by atoms with Gasteiger partial charge >= 0.3 is 0 Å². The van der Waals surface area contributed by atoms with Crippen molar-refractivity contribution in [3.8, 4) is 5.75 Å². The van der Waals surface area contributed by atoms with E-state index in [1.807, 2.05) is 18.2 Å². The summed E-state index contributed by atoms with van der Waals surface area (Å²) in [6.07, 6.45) is 6.75. The standard InChI is InChI=1S/C25H30N4OS/c1-28-24(26-27-25(28)31-19-20-10-4-3-5-11-20)22-14-9-17-29(18-22)16-8-13-21-12-6-7-15-23(21)30-2/h3-8,10-13,15,22H,9,14,16-19H2,1-2H3. The Kier molecular flexibility index (Phi) is 7.43. The van der Waals surface area contributed by atoms with Gasteiger partial charge in [-0.25, -0.2) is 0 Å². The second-order valence-electron chi connectivity index (χ2n) is 7.92. The summed E-state index contributed by atoms with van der Waals surface area (Å²) in [5.74, 6) is 3.36. The molecule has 2 aromatic carbocycles. The monoisotopic (exact) mass is 434 g/mol. The van der Waals surface area contributed by atoms with E-state index in [1.165, 1.54) is 18.4 Å². The molecule has 0 amide bonds. The minimum atomic E-state index is 0.428. The van der Waals surface area contributed by atoms with Crippen LogP contribution in [0.5, 0.6) is 5.75 Å². The molecule has 1 saturated heterocycles. The molecule has 1 aromatic heterocycles. The first-order valence-corrected chi connectivity index (χ1v) is 11.8. The van der Waals surface area contributed by atoms with Crippen molar-refractivity contribution in [2.75, 3.05) is 26.7 Å². The van der Waals surface area contributed by atoms with Crippen LogP contribution in [-0.2, 0) is 12.8 Å². The van der Waals surface area contributed by atoms with Gasteiger partial charge in [0.1, 0.15) is 11.6 Å². The normalized spacial score (nSPS) is 17.3. The van der Waals surface area contributed by atoms with Crippen LogP contribution in [0.25, 0.3) is 6.08 Å². The number of hydrogen-bond donors (Lipinski definition) is 0. The molecule has 0 aliphatic carbocycles. The van der Waals surface area contributed by atoms with E-state index >= 15 is 0 Å². The average Bonchev–Trinajstić information content (AvgIpc) is 3.19. The van der Waals surface area contributed by atoms with Crippen molar-refractivity contribution in [1.29, 1.82) is 0 Å². The third-order valence-electron chi connectivity index (χ3n) is 5.75. The molecule has 6 heteroatoms. The minimum Gasteiger partial charge on any atom is -0.496 e. The first-order valence-electron chi connectivity index (χ1n) is 10.8. The predicted octanol–water partition coefficient (Wildman–Crippen LogP) is 5.01. The molecule has 0 bridgehead atoms. The molecule has 1 aliphatic heterocycles. The van der Waals surface area contributed by atoms with Crippen LogP contribution in [0.1, 0.15) is 35.7 Å². The smallest absolute Gasteiger partial charge is 0.191 e. The Hall–Kier alpha value is -2.57. The van der Waals surface area contributed by atoms with Crippen LogP contribution in [0.3, 0.4) is 0 Å². The van der Waals surface area contributed by atoms with Crippen molar-refractivity contribution in [2.24, 2.45) is 7.05 Å². The summed E-state index contributed by atoms with van der Waals surface area (Å²) in [4.78, 5) is 2.51. The molecule has 0 radical (unpaired) electrons. The number of para-hydroxylation sites is 1. The molecule has 4 rings (SSSR count). The molecule has 1 fully saturated rings. The summed E-state index contributed by atoms with van der Waals surface area (Å²) in [5.41, 5.74) is 2.43. The molecular weight excluding hydrogens is 404 g/mol. The molecule has 0 saturated carbocycles. The number of ether oxygens (including phenoxy) is 1. The van der Waals surface area contributed by atoms with Gasteiger partial charge in [0.2, 0.25) is 0 Å². The minimum absolute atomic E-state index is 0.428. The highest BCUT2D eigenvalue weighted by molar-refractivity contribution is 7.98. The fourth-order valence-electron chi connectivity index (χ4n) is 4.09. The second-order valence-corrected chi connectivity index (χ2v) is 8.86. The Bertz CT molecular complexity index is 1000. The van der Waals surface area contributed by atoms with Crippen molar-refractivity contribution < 1.29 is 4.74 Å². The molecule has 0 spiro atoms. The number of benzene rings is 2. The van der Waals surface area contributed by atoms with Gasteiger partial charge in [0.05, 0.1) is 7.11 Å². The van der Waals surface area contributed by atoms with Crippen molar-refractivity contribution in [2.45, 2.75) is 29.7 Å². The summed E-state index contributed by atoms with van der Waals surface area (Å²) < 4.78 is 7.63. The number of nitrogens with zero attached hydrogens (tertiary/aromatic N) is 4. The van der Waals surface area contributed by atoms with Gasteiger partial charge in [-0.15, -0.1) is 10.2 Å². The second kappa shape index (κ2) is 10.6. The van der Waals surface area contributed by atoms with Gasteiger partial charge in [0.25, 0.3) is 0 Å². The maximum absolute atomic E-state index is 5.44. The molecule has 5 nitrogen and oxygen atoms in total. The Morgan fingerprint density at radius 3 is 2.74 bits per heavy atom. The largest absolute Gasteiger partial charge is 0.496 e. The van der Waals surface area contributed by atoms with Crippen molar-refractivity contribution >= 4 is 17.8 Å². The van der Waals surface area contributed by atoms with Gasteiger partial charge in [-0.1, -0.05) is 72.4 Å². The Labute approximate surface area is 189 Å². The summed E-state index contributed by atoms with van der Waals surface area (Å²) >= 11 is 1.75. The summed E-state index contributed by atoms with van der Waals surface area (Å²) in [7, 11) is 3.82. The predicted molar refractivity (Wildman–Crippen MR) is 127 cm³/mol. The van der Waals surface area contributed by atoms with Crippen molar-refractivity contribution in [3.63, 3.8) is 0 Å². The van der Waals surface area contributed by atoms with E-state index in [-0.39, 0.29) is 0 Å². The van der Waals surface area contributed by atoms with Gasteiger partial charge in [0, 0.05) is 37.4 Å². The SMILES string of the molecule is COc1ccccc1C=CCN1CCCC(c2nnc(SCc3ccccc3)n2C)C1.